The Morgan fingerprint density at radius 2 is 2.33 bits per heavy atom. The lowest BCUT2D eigenvalue weighted by Crippen LogP contribution is -2.37. The van der Waals surface area contributed by atoms with Crippen LogP contribution in [0.1, 0.15) is 6.92 Å². The lowest BCUT2D eigenvalue weighted by molar-refractivity contribution is -0.154. The molecule has 1 aromatic heterocycles. The van der Waals surface area contributed by atoms with Crippen molar-refractivity contribution in [2.75, 3.05) is 11.5 Å². The molecule has 0 fully saturated rings. The normalized spacial score (nSPS) is 14.5. The Bertz CT molecular complexity index is 351. The number of nitrogen functional groups attached to an aromatic ring is 1. The van der Waals surface area contributed by atoms with Gasteiger partial charge in [0.05, 0.1) is 0 Å². The number of hydrogen-bond acceptors (Lipinski definition) is 5. The van der Waals surface area contributed by atoms with Crippen LogP contribution < -0.4 is 5.73 Å². The Labute approximate surface area is 91.3 Å². The molecule has 0 aliphatic carbocycles. The minimum atomic E-state index is -1.73. The first kappa shape index (κ1) is 11.8. The second kappa shape index (κ2) is 4.50. The highest BCUT2D eigenvalue weighted by Crippen LogP contribution is 2.22. The van der Waals surface area contributed by atoms with Crippen LogP contribution in [0.2, 0.25) is 0 Å². The molecule has 6 heteroatoms. The number of thioether (sulfide) groups is 1. The molecule has 0 amide bonds. The van der Waals surface area contributed by atoms with E-state index in [1.54, 1.807) is 12.1 Å². The van der Waals surface area contributed by atoms with Gasteiger partial charge in [0.1, 0.15) is 5.82 Å². The van der Waals surface area contributed by atoms with Crippen LogP contribution in [0, 0.1) is 0 Å². The Morgan fingerprint density at radius 3 is 2.80 bits per heavy atom. The van der Waals surface area contributed by atoms with E-state index in [0.717, 1.165) is 4.90 Å². The number of anilines is 1. The van der Waals surface area contributed by atoms with Crippen molar-refractivity contribution in [2.45, 2.75) is 17.4 Å². The summed E-state index contributed by atoms with van der Waals surface area (Å²) in [6, 6.07) is 3.35. The molecule has 82 valence electrons. The van der Waals surface area contributed by atoms with Gasteiger partial charge in [0, 0.05) is 16.8 Å². The molecule has 1 rings (SSSR count). The van der Waals surface area contributed by atoms with Crippen molar-refractivity contribution in [3.8, 4) is 0 Å². The molecule has 5 nitrogen and oxygen atoms in total. The first-order valence-electron chi connectivity index (χ1n) is 4.22. The van der Waals surface area contributed by atoms with E-state index in [2.05, 4.69) is 4.98 Å². The highest BCUT2D eigenvalue weighted by Gasteiger charge is 2.29. The van der Waals surface area contributed by atoms with Gasteiger partial charge < -0.3 is 15.9 Å². The molecule has 1 unspecified atom stereocenters. The average molecular weight is 228 g/mol. The molecule has 0 aromatic carbocycles. The molecule has 15 heavy (non-hydrogen) atoms. The van der Waals surface area contributed by atoms with Gasteiger partial charge in [-0.15, -0.1) is 11.8 Å². The second-order valence-corrected chi connectivity index (χ2v) is 4.34. The van der Waals surface area contributed by atoms with Gasteiger partial charge >= 0.3 is 5.97 Å². The Kier molecular flexibility index (Phi) is 3.54. The molecule has 0 aliphatic heterocycles. The van der Waals surface area contributed by atoms with Crippen LogP contribution in [0.25, 0.3) is 0 Å². The van der Waals surface area contributed by atoms with Crippen LogP contribution >= 0.6 is 11.8 Å². The van der Waals surface area contributed by atoms with E-state index in [1.807, 2.05) is 0 Å². The number of nitrogens with zero attached hydrogens (tertiary/aromatic N) is 1. The van der Waals surface area contributed by atoms with Crippen molar-refractivity contribution in [2.24, 2.45) is 0 Å². The first-order valence-corrected chi connectivity index (χ1v) is 5.20. The van der Waals surface area contributed by atoms with Gasteiger partial charge in [0.15, 0.2) is 5.60 Å². The van der Waals surface area contributed by atoms with E-state index in [4.69, 9.17) is 10.8 Å². The van der Waals surface area contributed by atoms with Crippen molar-refractivity contribution >= 4 is 23.5 Å². The zero-order valence-corrected chi connectivity index (χ0v) is 8.99. The molecule has 0 saturated carbocycles. The minimum Gasteiger partial charge on any atom is -0.479 e. The summed E-state index contributed by atoms with van der Waals surface area (Å²) in [7, 11) is 0. The minimum absolute atomic E-state index is 0.0634. The smallest absolute Gasteiger partial charge is 0.336 e. The zero-order valence-electron chi connectivity index (χ0n) is 8.17. The summed E-state index contributed by atoms with van der Waals surface area (Å²) in [5.41, 5.74) is 3.66. The molecule has 1 heterocycles. The standard InChI is InChI=1S/C9H12N2O3S/c1-9(14,8(12)13)5-15-6-2-3-7(10)11-4-6/h2-4,14H,5H2,1H3,(H2,10,11)(H,12,13). The largest absolute Gasteiger partial charge is 0.479 e. The lowest BCUT2D eigenvalue weighted by atomic mass is 10.1. The molecule has 4 N–H and O–H groups in total. The highest BCUT2D eigenvalue weighted by molar-refractivity contribution is 7.99. The SMILES string of the molecule is CC(O)(CSc1ccc(N)nc1)C(=O)O. The third-order valence-corrected chi connectivity index (χ3v) is 3.02. The number of nitrogens with two attached hydrogens (primary N) is 1. The van der Waals surface area contributed by atoms with Gasteiger partial charge in [-0.3, -0.25) is 0 Å². The second-order valence-electron chi connectivity index (χ2n) is 3.29. The van der Waals surface area contributed by atoms with Crippen LogP contribution in [-0.4, -0.2) is 32.5 Å². The fourth-order valence-corrected chi connectivity index (χ4v) is 1.63. The molecule has 0 bridgehead atoms. The summed E-state index contributed by atoms with van der Waals surface area (Å²) in [5.74, 6) is -0.767. The van der Waals surface area contributed by atoms with Gasteiger partial charge in [-0.25, -0.2) is 9.78 Å². The van der Waals surface area contributed by atoms with Gasteiger partial charge in [-0.1, -0.05) is 0 Å². The molecular weight excluding hydrogens is 216 g/mol. The molecule has 0 saturated heterocycles. The van der Waals surface area contributed by atoms with Crippen molar-refractivity contribution in [1.29, 1.82) is 0 Å². The molecule has 1 aromatic rings. The first-order chi connectivity index (χ1) is 6.92. The average Bonchev–Trinajstić information content (AvgIpc) is 2.17. The number of carboxylic acids is 1. The fraction of sp³-hybridized carbons (Fsp3) is 0.333. The number of aliphatic carboxylic acids is 1. The fourth-order valence-electron chi connectivity index (χ4n) is 0.763. The number of aliphatic hydroxyl groups is 1. The summed E-state index contributed by atoms with van der Waals surface area (Å²) in [4.78, 5) is 15.2. The number of carbonyl (C=O) groups is 1. The van der Waals surface area contributed by atoms with Gasteiger partial charge in [0.25, 0.3) is 0 Å². The number of rotatable bonds is 4. The Hall–Kier alpha value is -1.27. The van der Waals surface area contributed by atoms with E-state index in [-0.39, 0.29) is 5.75 Å². The maximum atomic E-state index is 10.6. The molecule has 1 atom stereocenters. The Balaban J connectivity index is 2.57. The third-order valence-electron chi connectivity index (χ3n) is 1.74. The quantitative estimate of drug-likeness (QED) is 0.653. The van der Waals surface area contributed by atoms with Crippen LogP contribution in [0.5, 0.6) is 0 Å². The summed E-state index contributed by atoms with van der Waals surface area (Å²) < 4.78 is 0. The number of pyridine rings is 1. The Morgan fingerprint density at radius 1 is 1.67 bits per heavy atom. The molecule has 0 spiro atoms. The predicted octanol–water partition coefficient (Wildman–Crippen LogP) is 0.592. The van der Waals surface area contributed by atoms with E-state index in [0.29, 0.717) is 5.82 Å². The van der Waals surface area contributed by atoms with Gasteiger partial charge in [0.2, 0.25) is 0 Å². The summed E-state index contributed by atoms with van der Waals surface area (Å²) in [6.07, 6.45) is 1.54. The van der Waals surface area contributed by atoms with Crippen molar-refractivity contribution in [3.63, 3.8) is 0 Å². The molecular formula is C9H12N2O3S. The monoisotopic (exact) mass is 228 g/mol. The van der Waals surface area contributed by atoms with E-state index >= 15 is 0 Å². The van der Waals surface area contributed by atoms with E-state index in [1.165, 1.54) is 24.9 Å². The summed E-state index contributed by atoms with van der Waals surface area (Å²) in [5, 5.41) is 18.1. The zero-order chi connectivity index (χ0) is 11.5. The number of carboxylic acid groups (broad SMARTS) is 1. The predicted molar refractivity (Wildman–Crippen MR) is 57.6 cm³/mol. The van der Waals surface area contributed by atoms with Crippen molar-refractivity contribution in [1.82, 2.24) is 4.98 Å². The maximum Gasteiger partial charge on any atom is 0.336 e. The molecule has 0 aliphatic rings. The maximum absolute atomic E-state index is 10.6. The number of aromatic nitrogens is 1. The van der Waals surface area contributed by atoms with Crippen molar-refractivity contribution in [3.05, 3.63) is 18.3 Å². The van der Waals surface area contributed by atoms with E-state index in [9.17, 15) is 9.90 Å². The molecule has 0 radical (unpaired) electrons. The summed E-state index contributed by atoms with van der Waals surface area (Å²) in [6.45, 7) is 1.26. The van der Waals surface area contributed by atoms with Crippen LogP contribution in [-0.2, 0) is 4.79 Å². The van der Waals surface area contributed by atoms with Crippen LogP contribution in [0.3, 0.4) is 0 Å². The number of hydrogen-bond donors (Lipinski definition) is 3. The topological polar surface area (TPSA) is 96.4 Å². The third kappa shape index (κ3) is 3.41. The lowest BCUT2D eigenvalue weighted by Gasteiger charge is -2.16. The van der Waals surface area contributed by atoms with E-state index < -0.39 is 11.6 Å². The highest BCUT2D eigenvalue weighted by atomic mass is 32.2. The van der Waals surface area contributed by atoms with Gasteiger partial charge in [-0.05, 0) is 19.1 Å². The van der Waals surface area contributed by atoms with Gasteiger partial charge in [-0.2, -0.15) is 0 Å². The van der Waals surface area contributed by atoms with Crippen LogP contribution in [0.4, 0.5) is 5.82 Å². The summed E-state index contributed by atoms with van der Waals surface area (Å²) >= 11 is 1.22. The van der Waals surface area contributed by atoms with Crippen LogP contribution in [0.15, 0.2) is 23.2 Å². The van der Waals surface area contributed by atoms with Crippen molar-refractivity contribution < 1.29 is 15.0 Å².